The number of hydrogen-bond donors (Lipinski definition) is 0. The summed E-state index contributed by atoms with van der Waals surface area (Å²) in [5.41, 5.74) is 0. The van der Waals surface area contributed by atoms with Crippen LogP contribution in [0.2, 0.25) is 0 Å². The maximum absolute atomic E-state index is 11.3. The van der Waals surface area contributed by atoms with Crippen LogP contribution in [0.15, 0.2) is 0 Å². The third-order valence-electron chi connectivity index (χ3n) is 2.34. The molecular formula is C9H15NO2. The minimum absolute atomic E-state index is 0.104. The molecule has 12 heavy (non-hydrogen) atoms. The van der Waals surface area contributed by atoms with E-state index in [1.807, 2.05) is 6.92 Å². The molecule has 0 bridgehead atoms. The summed E-state index contributed by atoms with van der Waals surface area (Å²) in [5.74, 6) is 0.241. The molecule has 1 rings (SSSR count). The van der Waals surface area contributed by atoms with Gasteiger partial charge in [0.2, 0.25) is 5.91 Å². The molecule has 1 fully saturated rings. The lowest BCUT2D eigenvalue weighted by atomic mass is 10.1. The first-order chi connectivity index (χ1) is 5.66. The number of likely N-dealkylation sites (tertiary alicyclic amines) is 1. The summed E-state index contributed by atoms with van der Waals surface area (Å²) < 4.78 is 0. The Balaban J connectivity index is 2.65. The zero-order chi connectivity index (χ0) is 9.14. The highest BCUT2D eigenvalue weighted by Crippen LogP contribution is 2.15. The van der Waals surface area contributed by atoms with E-state index in [1.165, 1.54) is 0 Å². The minimum atomic E-state index is -0.167. The van der Waals surface area contributed by atoms with Crippen LogP contribution in [0.3, 0.4) is 0 Å². The Morgan fingerprint density at radius 3 is 2.67 bits per heavy atom. The van der Waals surface area contributed by atoms with E-state index < -0.39 is 0 Å². The number of nitrogens with zero attached hydrogens (tertiary/aromatic N) is 1. The number of carbonyl (C=O) groups excluding carboxylic acids is 2. The van der Waals surface area contributed by atoms with E-state index in [1.54, 1.807) is 11.8 Å². The topological polar surface area (TPSA) is 37.4 Å². The van der Waals surface area contributed by atoms with Crippen molar-refractivity contribution in [1.29, 1.82) is 0 Å². The molecular weight excluding hydrogens is 154 g/mol. The summed E-state index contributed by atoms with van der Waals surface area (Å²) >= 11 is 0. The summed E-state index contributed by atoms with van der Waals surface area (Å²) in [7, 11) is 0. The molecule has 0 N–H and O–H groups in total. The summed E-state index contributed by atoms with van der Waals surface area (Å²) in [6, 6.07) is -0.167. The van der Waals surface area contributed by atoms with Crippen LogP contribution in [-0.2, 0) is 9.59 Å². The van der Waals surface area contributed by atoms with Gasteiger partial charge in [-0.3, -0.25) is 9.59 Å². The first-order valence-corrected chi connectivity index (χ1v) is 4.46. The van der Waals surface area contributed by atoms with Gasteiger partial charge in [-0.15, -0.1) is 0 Å². The zero-order valence-electron chi connectivity index (χ0n) is 7.67. The van der Waals surface area contributed by atoms with E-state index >= 15 is 0 Å². The molecule has 3 heteroatoms. The van der Waals surface area contributed by atoms with Crippen molar-refractivity contribution >= 4 is 11.7 Å². The fourth-order valence-corrected chi connectivity index (χ4v) is 1.73. The Morgan fingerprint density at radius 2 is 2.33 bits per heavy atom. The monoisotopic (exact) mass is 169 g/mol. The number of carbonyl (C=O) groups is 2. The van der Waals surface area contributed by atoms with Crippen LogP contribution < -0.4 is 0 Å². The largest absolute Gasteiger partial charge is 0.333 e. The molecule has 1 atom stereocenters. The molecule has 1 aliphatic heterocycles. The van der Waals surface area contributed by atoms with E-state index in [0.29, 0.717) is 6.42 Å². The van der Waals surface area contributed by atoms with Crippen LogP contribution in [-0.4, -0.2) is 29.2 Å². The molecule has 0 saturated carbocycles. The fourth-order valence-electron chi connectivity index (χ4n) is 1.73. The summed E-state index contributed by atoms with van der Waals surface area (Å²) in [5, 5.41) is 0. The van der Waals surface area contributed by atoms with Crippen molar-refractivity contribution in [2.45, 2.75) is 39.2 Å². The lowest BCUT2D eigenvalue weighted by molar-refractivity contribution is -0.135. The molecule has 0 aromatic carbocycles. The third-order valence-corrected chi connectivity index (χ3v) is 2.34. The van der Waals surface area contributed by atoms with Gasteiger partial charge in [0.25, 0.3) is 0 Å². The number of rotatable bonds is 3. The van der Waals surface area contributed by atoms with Gasteiger partial charge < -0.3 is 4.90 Å². The van der Waals surface area contributed by atoms with E-state index in [9.17, 15) is 9.59 Å². The Bertz CT molecular complexity index is 201. The molecule has 3 nitrogen and oxygen atoms in total. The van der Waals surface area contributed by atoms with Crippen molar-refractivity contribution in [1.82, 2.24) is 4.90 Å². The predicted molar refractivity (Wildman–Crippen MR) is 45.7 cm³/mol. The normalized spacial score (nSPS) is 19.8. The Morgan fingerprint density at radius 1 is 1.67 bits per heavy atom. The Kier molecular flexibility index (Phi) is 2.84. The average molecular weight is 169 g/mol. The molecule has 0 radical (unpaired) electrons. The highest BCUT2D eigenvalue weighted by molar-refractivity contribution is 5.88. The summed E-state index contributed by atoms with van der Waals surface area (Å²) in [6.45, 7) is 4.26. The van der Waals surface area contributed by atoms with Gasteiger partial charge in [-0.05, 0) is 19.8 Å². The standard InChI is InChI=1S/C9H15NO2/c1-3-8(7(2)11)10-6-4-5-9(10)12/h8H,3-6H2,1-2H3. The predicted octanol–water partition coefficient (Wildman–Crippen LogP) is 0.976. The van der Waals surface area contributed by atoms with Crippen molar-refractivity contribution in [3.63, 3.8) is 0 Å². The molecule has 1 unspecified atom stereocenters. The summed E-state index contributed by atoms with van der Waals surface area (Å²) in [4.78, 5) is 24.1. The Labute approximate surface area is 72.7 Å². The quantitative estimate of drug-likeness (QED) is 0.631. The van der Waals surface area contributed by atoms with Crippen LogP contribution in [0.1, 0.15) is 33.1 Å². The summed E-state index contributed by atoms with van der Waals surface area (Å²) in [6.07, 6.45) is 2.26. The van der Waals surface area contributed by atoms with Gasteiger partial charge in [0, 0.05) is 13.0 Å². The number of amides is 1. The van der Waals surface area contributed by atoms with Gasteiger partial charge >= 0.3 is 0 Å². The molecule has 0 spiro atoms. The SMILES string of the molecule is CCC(C(C)=O)N1CCCC1=O. The van der Waals surface area contributed by atoms with Gasteiger partial charge in [0.1, 0.15) is 0 Å². The Hall–Kier alpha value is -0.860. The highest BCUT2D eigenvalue weighted by atomic mass is 16.2. The third kappa shape index (κ3) is 1.65. The highest BCUT2D eigenvalue weighted by Gasteiger charge is 2.28. The smallest absolute Gasteiger partial charge is 0.223 e. The second kappa shape index (κ2) is 3.70. The maximum atomic E-state index is 11.3. The van der Waals surface area contributed by atoms with Crippen molar-refractivity contribution in [3.8, 4) is 0 Å². The van der Waals surface area contributed by atoms with Crippen LogP contribution in [0.4, 0.5) is 0 Å². The van der Waals surface area contributed by atoms with E-state index in [-0.39, 0.29) is 17.7 Å². The number of Topliss-reactive ketones (excluding diaryl/α,β-unsaturated/α-hetero) is 1. The second-order valence-electron chi connectivity index (χ2n) is 3.23. The molecule has 1 aliphatic rings. The lowest BCUT2D eigenvalue weighted by Gasteiger charge is -2.23. The van der Waals surface area contributed by atoms with Crippen molar-refractivity contribution in [2.75, 3.05) is 6.54 Å². The van der Waals surface area contributed by atoms with Crippen molar-refractivity contribution in [2.24, 2.45) is 0 Å². The van der Waals surface area contributed by atoms with Gasteiger partial charge in [0.05, 0.1) is 6.04 Å². The molecule has 0 aromatic heterocycles. The zero-order valence-corrected chi connectivity index (χ0v) is 7.67. The van der Waals surface area contributed by atoms with Gasteiger partial charge in [-0.1, -0.05) is 6.92 Å². The van der Waals surface area contributed by atoms with Gasteiger partial charge in [-0.25, -0.2) is 0 Å². The average Bonchev–Trinajstić information content (AvgIpc) is 2.38. The molecule has 0 aromatic rings. The van der Waals surface area contributed by atoms with Crippen molar-refractivity contribution < 1.29 is 9.59 Å². The molecule has 1 amide bonds. The van der Waals surface area contributed by atoms with E-state index in [4.69, 9.17) is 0 Å². The molecule has 1 heterocycles. The maximum Gasteiger partial charge on any atom is 0.223 e. The van der Waals surface area contributed by atoms with E-state index in [0.717, 1.165) is 19.4 Å². The van der Waals surface area contributed by atoms with Crippen LogP contribution >= 0.6 is 0 Å². The molecule has 1 saturated heterocycles. The number of ketones is 1. The first kappa shape index (κ1) is 9.23. The van der Waals surface area contributed by atoms with Crippen molar-refractivity contribution in [3.05, 3.63) is 0 Å². The van der Waals surface area contributed by atoms with Gasteiger partial charge in [-0.2, -0.15) is 0 Å². The number of hydrogen-bond acceptors (Lipinski definition) is 2. The fraction of sp³-hybridized carbons (Fsp3) is 0.778. The second-order valence-corrected chi connectivity index (χ2v) is 3.23. The first-order valence-electron chi connectivity index (χ1n) is 4.46. The van der Waals surface area contributed by atoms with Crippen LogP contribution in [0.5, 0.6) is 0 Å². The van der Waals surface area contributed by atoms with E-state index in [2.05, 4.69) is 0 Å². The van der Waals surface area contributed by atoms with Crippen LogP contribution in [0.25, 0.3) is 0 Å². The minimum Gasteiger partial charge on any atom is -0.333 e. The van der Waals surface area contributed by atoms with Crippen LogP contribution in [0, 0.1) is 0 Å². The molecule has 68 valence electrons. The van der Waals surface area contributed by atoms with Gasteiger partial charge in [0.15, 0.2) is 5.78 Å². The lowest BCUT2D eigenvalue weighted by Crippen LogP contribution is -2.40. The molecule has 0 aliphatic carbocycles.